The molecule has 5 nitrogen and oxygen atoms in total. The fraction of sp³-hybridized carbons (Fsp3) is 0.294. The topological polar surface area (TPSA) is 55.4 Å². The number of aromatic nitrogens is 1. The third kappa shape index (κ3) is 5.75. The second-order valence-electron chi connectivity index (χ2n) is 5.21. The number of thiocarbonyl (C=S) groups is 1. The Hall–Kier alpha value is -2.34. The summed E-state index contributed by atoms with van der Waals surface area (Å²) >= 11 is 5.29. The molecule has 2 N–H and O–H groups in total. The van der Waals surface area contributed by atoms with Gasteiger partial charge in [0.2, 0.25) is 5.88 Å². The number of pyridine rings is 1. The lowest BCUT2D eigenvalue weighted by Gasteiger charge is -2.13. The van der Waals surface area contributed by atoms with Crippen molar-refractivity contribution in [1.82, 2.24) is 10.3 Å². The van der Waals surface area contributed by atoms with Gasteiger partial charge >= 0.3 is 0 Å². The number of ether oxygens (including phenoxy) is 2. The van der Waals surface area contributed by atoms with Crippen LogP contribution in [0, 0.1) is 0 Å². The molecule has 0 aliphatic carbocycles. The van der Waals surface area contributed by atoms with E-state index in [1.807, 2.05) is 44.2 Å². The Morgan fingerprint density at radius 1 is 1.26 bits per heavy atom. The quantitative estimate of drug-likeness (QED) is 0.792. The van der Waals surface area contributed by atoms with Crippen LogP contribution in [0.3, 0.4) is 0 Å². The van der Waals surface area contributed by atoms with Gasteiger partial charge in [-0.1, -0.05) is 12.1 Å². The Kier molecular flexibility index (Phi) is 6.17. The maximum Gasteiger partial charge on any atom is 0.213 e. The predicted molar refractivity (Wildman–Crippen MR) is 96.1 cm³/mol. The van der Waals surface area contributed by atoms with Crippen LogP contribution < -0.4 is 20.1 Å². The lowest BCUT2D eigenvalue weighted by molar-refractivity contribution is 0.242. The Bertz CT molecular complexity index is 645. The summed E-state index contributed by atoms with van der Waals surface area (Å²) in [6.07, 6.45) is 1.83. The van der Waals surface area contributed by atoms with E-state index in [9.17, 15) is 0 Å². The molecule has 0 bridgehead atoms. The van der Waals surface area contributed by atoms with E-state index in [2.05, 4.69) is 15.6 Å². The molecule has 1 heterocycles. The second-order valence-corrected chi connectivity index (χ2v) is 5.62. The minimum Gasteiger partial charge on any atom is -0.491 e. The van der Waals surface area contributed by atoms with Crippen molar-refractivity contribution in [1.29, 1.82) is 0 Å². The van der Waals surface area contributed by atoms with E-state index >= 15 is 0 Å². The minimum atomic E-state index is 0.156. The number of hydrogen-bond donors (Lipinski definition) is 2. The van der Waals surface area contributed by atoms with Gasteiger partial charge in [-0.15, -0.1) is 0 Å². The summed E-state index contributed by atoms with van der Waals surface area (Å²) < 4.78 is 10.7. The van der Waals surface area contributed by atoms with Gasteiger partial charge in [0.1, 0.15) is 5.75 Å². The Balaban J connectivity index is 1.86. The number of methoxy groups -OCH3 is 1. The van der Waals surface area contributed by atoms with Gasteiger partial charge in [0.15, 0.2) is 5.11 Å². The van der Waals surface area contributed by atoms with Gasteiger partial charge in [-0.05, 0) is 49.8 Å². The van der Waals surface area contributed by atoms with Crippen molar-refractivity contribution in [3.05, 3.63) is 48.2 Å². The van der Waals surface area contributed by atoms with Gasteiger partial charge in [-0.3, -0.25) is 0 Å². The number of nitrogens with one attached hydrogen (secondary N) is 2. The summed E-state index contributed by atoms with van der Waals surface area (Å²) in [6, 6.07) is 11.6. The fourth-order valence-electron chi connectivity index (χ4n) is 1.93. The summed E-state index contributed by atoms with van der Waals surface area (Å²) in [5, 5.41) is 6.78. The SMILES string of the molecule is COc1ccc(NC(=S)NCc2cccc(OC(C)C)c2)cn1. The number of hydrogen-bond acceptors (Lipinski definition) is 4. The summed E-state index contributed by atoms with van der Waals surface area (Å²) in [4.78, 5) is 4.12. The van der Waals surface area contributed by atoms with Crippen molar-refractivity contribution in [3.63, 3.8) is 0 Å². The van der Waals surface area contributed by atoms with Crippen LogP contribution in [0.4, 0.5) is 5.69 Å². The average Bonchev–Trinajstić information content (AvgIpc) is 2.53. The van der Waals surface area contributed by atoms with E-state index < -0.39 is 0 Å². The molecule has 2 aromatic rings. The zero-order chi connectivity index (χ0) is 16.7. The van der Waals surface area contributed by atoms with Crippen molar-refractivity contribution < 1.29 is 9.47 Å². The van der Waals surface area contributed by atoms with Crippen molar-refractivity contribution >= 4 is 23.0 Å². The zero-order valence-corrected chi connectivity index (χ0v) is 14.3. The molecule has 0 saturated heterocycles. The molecule has 122 valence electrons. The van der Waals surface area contributed by atoms with Gasteiger partial charge in [0, 0.05) is 12.6 Å². The monoisotopic (exact) mass is 331 g/mol. The van der Waals surface area contributed by atoms with Crippen LogP contribution in [0.1, 0.15) is 19.4 Å². The molecule has 0 spiro atoms. The van der Waals surface area contributed by atoms with Crippen LogP contribution in [-0.4, -0.2) is 23.3 Å². The lowest BCUT2D eigenvalue weighted by Crippen LogP contribution is -2.27. The lowest BCUT2D eigenvalue weighted by atomic mass is 10.2. The molecule has 1 aromatic carbocycles. The van der Waals surface area contributed by atoms with E-state index in [1.165, 1.54) is 0 Å². The van der Waals surface area contributed by atoms with Crippen LogP contribution in [0.15, 0.2) is 42.6 Å². The van der Waals surface area contributed by atoms with Gasteiger partial charge in [-0.25, -0.2) is 4.98 Å². The molecule has 0 fully saturated rings. The normalized spacial score (nSPS) is 10.3. The standard InChI is InChI=1S/C17H21N3O2S/c1-12(2)22-15-6-4-5-13(9-15)10-19-17(23)20-14-7-8-16(21-3)18-11-14/h4-9,11-12H,10H2,1-3H3,(H2,19,20,23). The van der Waals surface area contributed by atoms with Crippen LogP contribution in [-0.2, 0) is 6.54 Å². The van der Waals surface area contributed by atoms with Gasteiger partial charge < -0.3 is 20.1 Å². The molecule has 0 amide bonds. The first-order valence-electron chi connectivity index (χ1n) is 7.37. The molecule has 6 heteroatoms. The molecule has 0 unspecified atom stereocenters. The van der Waals surface area contributed by atoms with Crippen LogP contribution in [0.2, 0.25) is 0 Å². The number of rotatable bonds is 6. The molecule has 0 radical (unpaired) electrons. The number of benzene rings is 1. The van der Waals surface area contributed by atoms with Crippen molar-refractivity contribution in [3.8, 4) is 11.6 Å². The summed E-state index contributed by atoms with van der Waals surface area (Å²) in [6.45, 7) is 4.63. The van der Waals surface area contributed by atoms with E-state index in [0.717, 1.165) is 17.0 Å². The first kappa shape index (κ1) is 17.0. The highest BCUT2D eigenvalue weighted by atomic mass is 32.1. The summed E-state index contributed by atoms with van der Waals surface area (Å²) in [7, 11) is 1.58. The summed E-state index contributed by atoms with van der Waals surface area (Å²) in [5.74, 6) is 1.42. The molecule has 0 saturated carbocycles. The van der Waals surface area contributed by atoms with Gasteiger partial charge in [0.25, 0.3) is 0 Å². The van der Waals surface area contributed by atoms with Crippen LogP contribution >= 0.6 is 12.2 Å². The first-order valence-corrected chi connectivity index (χ1v) is 7.78. The highest BCUT2D eigenvalue weighted by Crippen LogP contribution is 2.15. The number of nitrogens with zero attached hydrogens (tertiary/aromatic N) is 1. The Labute approximate surface area is 142 Å². The van der Waals surface area contributed by atoms with E-state index in [4.69, 9.17) is 21.7 Å². The zero-order valence-electron chi connectivity index (χ0n) is 13.5. The fourth-order valence-corrected chi connectivity index (χ4v) is 2.12. The van der Waals surface area contributed by atoms with Crippen LogP contribution in [0.25, 0.3) is 0 Å². The maximum atomic E-state index is 5.68. The third-order valence-electron chi connectivity index (χ3n) is 2.93. The summed E-state index contributed by atoms with van der Waals surface area (Å²) in [5.41, 5.74) is 1.90. The van der Waals surface area contributed by atoms with Crippen molar-refractivity contribution in [2.75, 3.05) is 12.4 Å². The van der Waals surface area contributed by atoms with E-state index in [1.54, 1.807) is 19.4 Å². The molecule has 0 atom stereocenters. The minimum absolute atomic E-state index is 0.156. The number of anilines is 1. The molecule has 0 aliphatic rings. The van der Waals surface area contributed by atoms with Crippen LogP contribution in [0.5, 0.6) is 11.6 Å². The average molecular weight is 331 g/mol. The highest BCUT2D eigenvalue weighted by Gasteiger charge is 2.02. The van der Waals surface area contributed by atoms with Crippen molar-refractivity contribution in [2.45, 2.75) is 26.5 Å². The Morgan fingerprint density at radius 3 is 2.74 bits per heavy atom. The van der Waals surface area contributed by atoms with Gasteiger partial charge in [-0.2, -0.15) is 0 Å². The van der Waals surface area contributed by atoms with Crippen molar-refractivity contribution in [2.24, 2.45) is 0 Å². The maximum absolute atomic E-state index is 5.68. The largest absolute Gasteiger partial charge is 0.491 e. The molecular weight excluding hydrogens is 310 g/mol. The molecule has 1 aromatic heterocycles. The van der Waals surface area contributed by atoms with E-state index in [0.29, 0.717) is 17.5 Å². The molecule has 23 heavy (non-hydrogen) atoms. The smallest absolute Gasteiger partial charge is 0.213 e. The van der Waals surface area contributed by atoms with Gasteiger partial charge in [0.05, 0.1) is 25.1 Å². The first-order chi connectivity index (χ1) is 11.1. The van der Waals surface area contributed by atoms with E-state index in [-0.39, 0.29) is 6.10 Å². The molecule has 0 aliphatic heterocycles. The highest BCUT2D eigenvalue weighted by molar-refractivity contribution is 7.80. The Morgan fingerprint density at radius 2 is 2.09 bits per heavy atom. The molecule has 2 rings (SSSR count). The third-order valence-corrected chi connectivity index (χ3v) is 3.17. The predicted octanol–water partition coefficient (Wildman–Crippen LogP) is 3.36. The molecular formula is C17H21N3O2S. The second kappa shape index (κ2) is 8.33.